The highest BCUT2D eigenvalue weighted by atomic mass is 32.2. The third-order valence-corrected chi connectivity index (χ3v) is 8.44. The molecule has 1 N–H and O–H groups in total. The predicted molar refractivity (Wildman–Crippen MR) is 114 cm³/mol. The molecule has 1 fully saturated rings. The van der Waals surface area contributed by atoms with Crippen molar-refractivity contribution in [3.8, 4) is 0 Å². The molecule has 2 aromatic rings. The summed E-state index contributed by atoms with van der Waals surface area (Å²) in [7, 11) is 0.0987. The molecular formula is C20H27N3O3S2. The van der Waals surface area contributed by atoms with Crippen LogP contribution in [0.15, 0.2) is 46.0 Å². The zero-order valence-corrected chi connectivity index (χ0v) is 17.9. The van der Waals surface area contributed by atoms with Gasteiger partial charge in [0.1, 0.15) is 4.21 Å². The fourth-order valence-corrected chi connectivity index (χ4v) is 5.71. The van der Waals surface area contributed by atoms with Crippen molar-refractivity contribution in [2.45, 2.75) is 23.5 Å². The van der Waals surface area contributed by atoms with E-state index in [1.165, 1.54) is 35.5 Å². The number of hydrogen-bond acceptors (Lipinski definition) is 5. The first-order valence-electron chi connectivity index (χ1n) is 9.47. The van der Waals surface area contributed by atoms with Gasteiger partial charge in [0.15, 0.2) is 0 Å². The molecule has 6 nitrogen and oxygen atoms in total. The molecular weight excluding hydrogens is 394 g/mol. The zero-order chi connectivity index (χ0) is 20.1. The number of amides is 1. The number of rotatable bonds is 7. The van der Waals surface area contributed by atoms with E-state index >= 15 is 0 Å². The number of nitrogens with one attached hydrogen (secondary N) is 1. The molecule has 0 aliphatic carbocycles. The Hall–Kier alpha value is -1.90. The maximum atomic E-state index is 12.6. The van der Waals surface area contributed by atoms with E-state index in [1.54, 1.807) is 41.8 Å². The van der Waals surface area contributed by atoms with E-state index in [2.05, 4.69) is 17.3 Å². The van der Waals surface area contributed by atoms with Gasteiger partial charge in [0.2, 0.25) is 0 Å². The Bertz CT molecular complexity index is 872. The van der Waals surface area contributed by atoms with E-state index in [9.17, 15) is 13.2 Å². The minimum Gasteiger partial charge on any atom is -0.352 e. The standard InChI is InChI=1S/C20H27N3O3S2/c1-22-13-10-16(11-14-22)9-12-21-20(24)17-5-7-18(8-6-17)23(2)28(25,26)19-4-3-15-27-19/h3-8,15-16H,9-14H2,1-2H3,(H,21,24). The number of thiophene rings is 1. The number of hydrogen-bond donors (Lipinski definition) is 1. The van der Waals surface area contributed by atoms with Crippen molar-refractivity contribution in [3.63, 3.8) is 0 Å². The van der Waals surface area contributed by atoms with Gasteiger partial charge in [-0.2, -0.15) is 0 Å². The summed E-state index contributed by atoms with van der Waals surface area (Å²) in [6, 6.07) is 9.96. The van der Waals surface area contributed by atoms with E-state index < -0.39 is 10.0 Å². The molecule has 1 aromatic heterocycles. The second-order valence-corrected chi connectivity index (χ2v) is 10.4. The van der Waals surface area contributed by atoms with Crippen LogP contribution in [0.2, 0.25) is 0 Å². The van der Waals surface area contributed by atoms with Crippen LogP contribution in [0.3, 0.4) is 0 Å². The zero-order valence-electron chi connectivity index (χ0n) is 16.3. The highest BCUT2D eigenvalue weighted by molar-refractivity contribution is 7.94. The fraction of sp³-hybridized carbons (Fsp3) is 0.450. The molecule has 1 aliphatic heterocycles. The van der Waals surface area contributed by atoms with Crippen LogP contribution in [0.5, 0.6) is 0 Å². The highest BCUT2D eigenvalue weighted by Gasteiger charge is 2.22. The first-order valence-corrected chi connectivity index (χ1v) is 11.8. The van der Waals surface area contributed by atoms with Crippen LogP contribution in [0.4, 0.5) is 5.69 Å². The summed E-state index contributed by atoms with van der Waals surface area (Å²) >= 11 is 1.19. The first-order chi connectivity index (χ1) is 13.4. The van der Waals surface area contributed by atoms with Gasteiger partial charge in [-0.1, -0.05) is 6.07 Å². The molecule has 0 radical (unpaired) electrons. The van der Waals surface area contributed by atoms with Crippen LogP contribution in [0.25, 0.3) is 0 Å². The normalized spacial score (nSPS) is 16.1. The van der Waals surface area contributed by atoms with Crippen molar-refractivity contribution in [3.05, 3.63) is 47.3 Å². The lowest BCUT2D eigenvalue weighted by atomic mass is 9.94. The van der Waals surface area contributed by atoms with Crippen LogP contribution in [-0.2, 0) is 10.0 Å². The quantitative estimate of drug-likeness (QED) is 0.746. The number of benzene rings is 1. The Morgan fingerprint density at radius 2 is 1.89 bits per heavy atom. The maximum Gasteiger partial charge on any atom is 0.273 e. The van der Waals surface area contributed by atoms with Gasteiger partial charge in [-0.25, -0.2) is 8.42 Å². The number of carbonyl (C=O) groups is 1. The average Bonchev–Trinajstić information content (AvgIpc) is 3.25. The molecule has 0 unspecified atom stereocenters. The predicted octanol–water partition coefficient (Wildman–Crippen LogP) is 3.03. The van der Waals surface area contributed by atoms with Crippen LogP contribution < -0.4 is 9.62 Å². The number of likely N-dealkylation sites (tertiary alicyclic amines) is 1. The maximum absolute atomic E-state index is 12.6. The van der Waals surface area contributed by atoms with Gasteiger partial charge in [0.05, 0.1) is 5.69 Å². The molecule has 1 aliphatic rings. The summed E-state index contributed by atoms with van der Waals surface area (Å²) in [4.78, 5) is 14.7. The van der Waals surface area contributed by atoms with Crippen molar-refractivity contribution in [2.24, 2.45) is 5.92 Å². The lowest BCUT2D eigenvalue weighted by molar-refractivity contribution is 0.0949. The Morgan fingerprint density at radius 3 is 2.50 bits per heavy atom. The van der Waals surface area contributed by atoms with Gasteiger partial charge in [-0.3, -0.25) is 9.10 Å². The molecule has 0 bridgehead atoms. The van der Waals surface area contributed by atoms with E-state index in [0.29, 0.717) is 27.9 Å². The van der Waals surface area contributed by atoms with Crippen molar-refractivity contribution >= 4 is 33.0 Å². The lowest BCUT2D eigenvalue weighted by Gasteiger charge is -2.28. The number of piperidine rings is 1. The molecule has 0 saturated carbocycles. The smallest absolute Gasteiger partial charge is 0.273 e. The third-order valence-electron chi connectivity index (χ3n) is 5.28. The van der Waals surface area contributed by atoms with Gasteiger partial charge in [0.25, 0.3) is 15.9 Å². The van der Waals surface area contributed by atoms with Gasteiger partial charge >= 0.3 is 0 Å². The summed E-state index contributed by atoms with van der Waals surface area (Å²) in [6.07, 6.45) is 3.37. The molecule has 0 atom stereocenters. The van der Waals surface area contributed by atoms with E-state index in [4.69, 9.17) is 0 Å². The molecule has 152 valence electrons. The van der Waals surface area contributed by atoms with Gasteiger partial charge in [-0.05, 0) is 81.0 Å². The SMILES string of the molecule is CN1CCC(CCNC(=O)c2ccc(N(C)S(=O)(=O)c3cccs3)cc2)CC1. The molecule has 2 heterocycles. The van der Waals surface area contributed by atoms with E-state index in [-0.39, 0.29) is 5.91 Å². The third kappa shape index (κ3) is 4.92. The van der Waals surface area contributed by atoms with Gasteiger partial charge in [-0.15, -0.1) is 11.3 Å². The van der Waals surface area contributed by atoms with Crippen LogP contribution in [-0.4, -0.2) is 53.0 Å². The van der Waals surface area contributed by atoms with Crippen molar-refractivity contribution in [2.75, 3.05) is 38.0 Å². The highest BCUT2D eigenvalue weighted by Crippen LogP contribution is 2.25. The van der Waals surface area contributed by atoms with Crippen molar-refractivity contribution in [1.29, 1.82) is 0 Å². The molecule has 1 aromatic carbocycles. The Balaban J connectivity index is 1.54. The monoisotopic (exact) mass is 421 g/mol. The Labute approximate surface area is 171 Å². The van der Waals surface area contributed by atoms with E-state index in [1.807, 2.05) is 0 Å². The topological polar surface area (TPSA) is 69.7 Å². The van der Waals surface area contributed by atoms with Gasteiger partial charge in [0, 0.05) is 19.2 Å². The van der Waals surface area contributed by atoms with Gasteiger partial charge < -0.3 is 10.2 Å². The molecule has 3 rings (SSSR count). The second-order valence-electron chi connectivity index (χ2n) is 7.24. The van der Waals surface area contributed by atoms with Crippen molar-refractivity contribution < 1.29 is 13.2 Å². The molecule has 1 amide bonds. The number of nitrogens with zero attached hydrogens (tertiary/aromatic N) is 2. The Morgan fingerprint density at radius 1 is 1.21 bits per heavy atom. The fourth-order valence-electron chi connectivity index (χ4n) is 3.35. The van der Waals surface area contributed by atoms with Crippen molar-refractivity contribution in [1.82, 2.24) is 10.2 Å². The molecule has 8 heteroatoms. The number of sulfonamides is 1. The summed E-state index contributed by atoms with van der Waals surface area (Å²) in [5, 5.41) is 4.71. The average molecular weight is 422 g/mol. The summed E-state index contributed by atoms with van der Waals surface area (Å²) in [5.74, 6) is 0.554. The summed E-state index contributed by atoms with van der Waals surface area (Å²) in [5.41, 5.74) is 1.06. The summed E-state index contributed by atoms with van der Waals surface area (Å²) < 4.78 is 26.7. The summed E-state index contributed by atoms with van der Waals surface area (Å²) in [6.45, 7) is 2.92. The Kier molecular flexibility index (Phi) is 6.74. The first kappa shape index (κ1) is 20.8. The minimum atomic E-state index is -3.56. The second kappa shape index (κ2) is 9.07. The number of carbonyl (C=O) groups excluding carboxylic acids is 1. The molecule has 1 saturated heterocycles. The minimum absolute atomic E-state index is 0.122. The molecule has 28 heavy (non-hydrogen) atoms. The largest absolute Gasteiger partial charge is 0.352 e. The lowest BCUT2D eigenvalue weighted by Crippen LogP contribution is -2.32. The van der Waals surface area contributed by atoms with E-state index in [0.717, 1.165) is 19.5 Å². The van der Waals surface area contributed by atoms with Crippen LogP contribution in [0, 0.1) is 5.92 Å². The molecule has 0 spiro atoms. The van der Waals surface area contributed by atoms with Crippen LogP contribution in [0.1, 0.15) is 29.6 Å². The van der Waals surface area contributed by atoms with Crippen LogP contribution >= 0.6 is 11.3 Å². The number of anilines is 1.